The normalized spacial score (nSPS) is 11.0. The molecular weight excluding hydrogens is 430 g/mol. The predicted octanol–water partition coefficient (Wildman–Crippen LogP) is 4.52. The van der Waals surface area contributed by atoms with Crippen molar-refractivity contribution in [1.29, 1.82) is 0 Å². The summed E-state index contributed by atoms with van der Waals surface area (Å²) in [5.74, 6) is -0.136. The van der Waals surface area contributed by atoms with Crippen LogP contribution in [0.4, 0.5) is 22.0 Å². The lowest BCUT2D eigenvalue weighted by atomic mass is 10.1. The molecule has 0 saturated heterocycles. The highest BCUT2D eigenvalue weighted by Gasteiger charge is 2.22. The van der Waals surface area contributed by atoms with E-state index in [1.807, 2.05) is 18.4 Å². The fraction of sp³-hybridized carbons (Fsp3) is 0.136. The lowest BCUT2D eigenvalue weighted by Crippen LogP contribution is -2.19. The molecule has 4 N–H and O–H groups in total. The van der Waals surface area contributed by atoms with Gasteiger partial charge in [0.2, 0.25) is 5.78 Å². The maximum Gasteiger partial charge on any atom is 0.323 e. The van der Waals surface area contributed by atoms with E-state index < -0.39 is 6.03 Å². The number of nitrogens with two attached hydrogens (primary N) is 1. The summed E-state index contributed by atoms with van der Waals surface area (Å²) >= 11 is 5.94. The number of nitrogens with zero attached hydrogens (tertiary/aromatic N) is 4. The molecule has 0 aliphatic heterocycles. The fourth-order valence-electron chi connectivity index (χ4n) is 3.30. The molecule has 0 spiro atoms. The molecule has 4 rings (SSSR count). The topological polar surface area (TPSA) is 128 Å². The van der Waals surface area contributed by atoms with Crippen LogP contribution < -0.4 is 16.4 Å². The molecular formula is C22H20ClN7O2. The number of amides is 2. The van der Waals surface area contributed by atoms with Gasteiger partial charge in [0.15, 0.2) is 0 Å². The first kappa shape index (κ1) is 21.3. The first-order chi connectivity index (χ1) is 15.3. The number of hydrogen-bond acceptors (Lipinski definition) is 6. The maximum atomic E-state index is 13.3. The molecule has 0 radical (unpaired) electrons. The molecule has 10 heteroatoms. The second-order valence-corrected chi connectivity index (χ2v) is 7.79. The van der Waals surface area contributed by atoms with Gasteiger partial charge in [0.1, 0.15) is 23.5 Å². The van der Waals surface area contributed by atoms with E-state index in [4.69, 9.17) is 17.3 Å². The van der Waals surface area contributed by atoms with Gasteiger partial charge in [0, 0.05) is 34.8 Å². The average Bonchev–Trinajstić information content (AvgIpc) is 3.15. The quantitative estimate of drug-likeness (QED) is 0.384. The zero-order valence-corrected chi connectivity index (χ0v) is 18.1. The number of rotatable bonds is 5. The molecule has 162 valence electrons. The van der Waals surface area contributed by atoms with E-state index in [1.165, 1.54) is 18.6 Å². The van der Waals surface area contributed by atoms with Crippen LogP contribution in [0.5, 0.6) is 0 Å². The van der Waals surface area contributed by atoms with Gasteiger partial charge in [-0.25, -0.2) is 14.8 Å². The molecule has 0 aliphatic carbocycles. The van der Waals surface area contributed by atoms with Crippen LogP contribution in [-0.2, 0) is 0 Å². The highest BCUT2D eigenvalue weighted by molar-refractivity contribution is 6.31. The van der Waals surface area contributed by atoms with Gasteiger partial charge in [-0.05, 0) is 44.2 Å². The van der Waals surface area contributed by atoms with Gasteiger partial charge < -0.3 is 20.9 Å². The van der Waals surface area contributed by atoms with E-state index in [2.05, 4.69) is 25.6 Å². The number of benzene rings is 1. The Morgan fingerprint density at radius 1 is 1.06 bits per heavy atom. The Bertz CT molecular complexity index is 1330. The van der Waals surface area contributed by atoms with E-state index in [0.29, 0.717) is 33.0 Å². The van der Waals surface area contributed by atoms with Crippen molar-refractivity contribution in [2.24, 2.45) is 0 Å². The Kier molecular flexibility index (Phi) is 5.74. The van der Waals surface area contributed by atoms with Gasteiger partial charge in [0.25, 0.3) is 0 Å². The van der Waals surface area contributed by atoms with E-state index >= 15 is 0 Å². The van der Waals surface area contributed by atoms with Crippen LogP contribution in [-0.4, -0.2) is 31.3 Å². The van der Waals surface area contributed by atoms with Crippen LogP contribution in [0.15, 0.2) is 55.1 Å². The van der Waals surface area contributed by atoms with Gasteiger partial charge in [-0.1, -0.05) is 17.7 Å². The van der Waals surface area contributed by atoms with Crippen molar-refractivity contribution < 1.29 is 9.59 Å². The van der Waals surface area contributed by atoms with Gasteiger partial charge >= 0.3 is 6.03 Å². The van der Waals surface area contributed by atoms with Gasteiger partial charge in [-0.15, -0.1) is 0 Å². The molecule has 3 heterocycles. The Labute approximate surface area is 188 Å². The van der Waals surface area contributed by atoms with Crippen LogP contribution in [0.25, 0.3) is 11.0 Å². The molecule has 0 bridgehead atoms. The lowest BCUT2D eigenvalue weighted by molar-refractivity contribution is 0.103. The molecule has 32 heavy (non-hydrogen) atoms. The number of ketones is 1. The summed E-state index contributed by atoms with van der Waals surface area (Å²) in [7, 11) is 0. The summed E-state index contributed by atoms with van der Waals surface area (Å²) in [5, 5.41) is 6.35. The number of urea groups is 1. The van der Waals surface area contributed by atoms with E-state index in [9.17, 15) is 9.59 Å². The number of carbonyl (C=O) groups is 2. The van der Waals surface area contributed by atoms with Crippen LogP contribution in [0.1, 0.15) is 35.9 Å². The molecule has 9 nitrogen and oxygen atoms in total. The SMILES string of the molecule is CC(C)n1cc(C(=O)c2cc(NC(=O)Nc3cccc(Cl)c3)ccn2)c2c(N)ncnc21. The third kappa shape index (κ3) is 4.23. The van der Waals surface area contributed by atoms with Crippen molar-refractivity contribution in [2.75, 3.05) is 16.4 Å². The number of aromatic nitrogens is 4. The standard InChI is InChI=1S/C22H20ClN7O2/c1-12(2)30-10-16(18-20(24)26-11-27-21(18)30)19(31)17-9-15(6-7-25-17)29-22(32)28-14-5-3-4-13(23)8-14/h3-12H,1-2H3,(H2,24,26,27)(H2,25,28,29,32). The molecule has 0 aliphatic rings. The second kappa shape index (κ2) is 8.64. The Hall–Kier alpha value is -3.98. The number of nitrogens with one attached hydrogen (secondary N) is 2. The average molecular weight is 450 g/mol. The van der Waals surface area contributed by atoms with Crippen LogP contribution >= 0.6 is 11.6 Å². The van der Waals surface area contributed by atoms with Crippen molar-refractivity contribution in [3.8, 4) is 0 Å². The Morgan fingerprint density at radius 2 is 1.81 bits per heavy atom. The first-order valence-corrected chi connectivity index (χ1v) is 10.2. The monoisotopic (exact) mass is 449 g/mol. The van der Waals surface area contributed by atoms with Crippen LogP contribution in [0, 0.1) is 0 Å². The minimum absolute atomic E-state index is 0.0597. The van der Waals surface area contributed by atoms with Crippen molar-refractivity contribution in [1.82, 2.24) is 19.5 Å². The summed E-state index contributed by atoms with van der Waals surface area (Å²) in [6.07, 6.45) is 4.52. The van der Waals surface area contributed by atoms with E-state index in [-0.39, 0.29) is 23.3 Å². The summed E-state index contributed by atoms with van der Waals surface area (Å²) in [4.78, 5) is 38.1. The number of fused-ring (bicyclic) bond motifs is 1. The van der Waals surface area contributed by atoms with Gasteiger partial charge in [0.05, 0.1) is 10.9 Å². The zero-order valence-electron chi connectivity index (χ0n) is 17.3. The highest BCUT2D eigenvalue weighted by atomic mass is 35.5. The Balaban J connectivity index is 1.61. The summed E-state index contributed by atoms with van der Waals surface area (Å²) in [6.45, 7) is 3.96. The Morgan fingerprint density at radius 3 is 2.53 bits per heavy atom. The molecule has 0 atom stereocenters. The number of nitrogen functional groups attached to an aromatic ring is 1. The number of halogens is 1. The number of anilines is 3. The first-order valence-electron chi connectivity index (χ1n) is 9.79. The highest BCUT2D eigenvalue weighted by Crippen LogP contribution is 2.28. The van der Waals surface area contributed by atoms with E-state index in [1.54, 1.807) is 36.5 Å². The maximum absolute atomic E-state index is 13.3. The second-order valence-electron chi connectivity index (χ2n) is 7.35. The van der Waals surface area contributed by atoms with Gasteiger partial charge in [-0.2, -0.15) is 0 Å². The zero-order chi connectivity index (χ0) is 22.8. The third-order valence-electron chi connectivity index (χ3n) is 4.77. The van der Waals surface area contributed by atoms with E-state index in [0.717, 1.165) is 0 Å². The molecule has 1 aromatic carbocycles. The number of carbonyl (C=O) groups excluding carboxylic acids is 2. The molecule has 3 aromatic heterocycles. The predicted molar refractivity (Wildman–Crippen MR) is 124 cm³/mol. The number of pyridine rings is 1. The molecule has 0 saturated carbocycles. The summed E-state index contributed by atoms with van der Waals surface area (Å²) in [6, 6.07) is 9.44. The van der Waals surface area contributed by atoms with Crippen molar-refractivity contribution in [3.05, 3.63) is 71.4 Å². The lowest BCUT2D eigenvalue weighted by Gasteiger charge is -2.09. The molecule has 0 unspecified atom stereocenters. The molecule has 2 amide bonds. The van der Waals surface area contributed by atoms with Crippen LogP contribution in [0.2, 0.25) is 5.02 Å². The molecule has 4 aromatic rings. The van der Waals surface area contributed by atoms with Crippen molar-refractivity contribution in [3.63, 3.8) is 0 Å². The third-order valence-corrected chi connectivity index (χ3v) is 5.01. The molecule has 0 fully saturated rings. The van der Waals surface area contributed by atoms with Crippen molar-refractivity contribution >= 4 is 51.6 Å². The fourth-order valence-corrected chi connectivity index (χ4v) is 3.49. The largest absolute Gasteiger partial charge is 0.383 e. The van der Waals surface area contributed by atoms with Gasteiger partial charge in [-0.3, -0.25) is 9.78 Å². The summed E-state index contributed by atoms with van der Waals surface area (Å²) in [5.41, 5.74) is 8.07. The smallest absolute Gasteiger partial charge is 0.323 e. The van der Waals surface area contributed by atoms with Crippen LogP contribution in [0.3, 0.4) is 0 Å². The minimum atomic E-state index is -0.481. The summed E-state index contributed by atoms with van der Waals surface area (Å²) < 4.78 is 1.86. The number of hydrogen-bond donors (Lipinski definition) is 3. The van der Waals surface area contributed by atoms with Crippen molar-refractivity contribution in [2.45, 2.75) is 19.9 Å². The minimum Gasteiger partial charge on any atom is -0.383 e.